The summed E-state index contributed by atoms with van der Waals surface area (Å²) in [6, 6.07) is 7.55. The molecule has 0 spiro atoms. The van der Waals surface area contributed by atoms with E-state index in [0.717, 1.165) is 28.8 Å². The summed E-state index contributed by atoms with van der Waals surface area (Å²) >= 11 is 3.36. The summed E-state index contributed by atoms with van der Waals surface area (Å²) in [6.45, 7) is 9.85. The first-order chi connectivity index (χ1) is 8.51. The molecule has 1 rings (SSSR count). The van der Waals surface area contributed by atoms with E-state index < -0.39 is 0 Å². The maximum absolute atomic E-state index is 11.9. The Morgan fingerprint density at radius 2 is 1.94 bits per heavy atom. The van der Waals surface area contributed by atoms with Crippen molar-refractivity contribution in [2.24, 2.45) is 0 Å². The number of nitrogens with one attached hydrogen (secondary N) is 1. The van der Waals surface area contributed by atoms with E-state index in [9.17, 15) is 4.79 Å². The van der Waals surface area contributed by atoms with E-state index in [0.29, 0.717) is 6.54 Å². The van der Waals surface area contributed by atoms with Crippen molar-refractivity contribution in [3.05, 3.63) is 40.9 Å². The largest absolute Gasteiger partial charge is 0.325 e. The molecule has 0 aliphatic rings. The normalized spacial score (nSPS) is 10.4. The number of rotatable bonds is 6. The zero-order valence-electron chi connectivity index (χ0n) is 10.9. The third kappa shape index (κ3) is 5.47. The third-order valence-corrected chi connectivity index (χ3v) is 2.96. The molecule has 1 N–H and O–H groups in total. The van der Waals surface area contributed by atoms with Gasteiger partial charge in [-0.15, -0.1) is 0 Å². The molecule has 0 saturated carbocycles. The van der Waals surface area contributed by atoms with Gasteiger partial charge >= 0.3 is 0 Å². The molecule has 1 aromatic rings. The van der Waals surface area contributed by atoms with Crippen LogP contribution in [-0.4, -0.2) is 30.4 Å². The first kappa shape index (κ1) is 14.9. The van der Waals surface area contributed by atoms with Gasteiger partial charge in [0.05, 0.1) is 6.54 Å². The molecule has 0 unspecified atom stereocenters. The highest BCUT2D eigenvalue weighted by Gasteiger charge is 2.09. The van der Waals surface area contributed by atoms with Crippen molar-refractivity contribution < 1.29 is 4.79 Å². The summed E-state index contributed by atoms with van der Waals surface area (Å²) in [7, 11) is 0. The summed E-state index contributed by atoms with van der Waals surface area (Å²) in [5, 5.41) is 2.88. The number of anilines is 1. The number of carbonyl (C=O) groups excluding carboxylic acids is 1. The van der Waals surface area contributed by atoms with Crippen LogP contribution in [0.15, 0.2) is 40.9 Å². The number of amides is 1. The molecular weight excluding hydrogens is 292 g/mol. The number of likely N-dealkylation sites (N-methyl/N-ethyl adjacent to an activating group) is 1. The smallest absolute Gasteiger partial charge is 0.238 e. The van der Waals surface area contributed by atoms with Gasteiger partial charge in [-0.3, -0.25) is 9.69 Å². The monoisotopic (exact) mass is 310 g/mol. The molecule has 1 aromatic carbocycles. The van der Waals surface area contributed by atoms with Crippen LogP contribution in [0.4, 0.5) is 5.69 Å². The Kier molecular flexibility index (Phi) is 6.09. The average molecular weight is 311 g/mol. The molecule has 0 aliphatic carbocycles. The highest BCUT2D eigenvalue weighted by Crippen LogP contribution is 2.14. The molecule has 1 amide bonds. The Morgan fingerprint density at radius 1 is 1.33 bits per heavy atom. The fraction of sp³-hybridized carbons (Fsp3) is 0.357. The minimum absolute atomic E-state index is 0.000391. The van der Waals surface area contributed by atoms with Gasteiger partial charge in [-0.05, 0) is 37.7 Å². The van der Waals surface area contributed by atoms with E-state index in [1.54, 1.807) is 0 Å². The summed E-state index contributed by atoms with van der Waals surface area (Å²) in [5.41, 5.74) is 1.88. The van der Waals surface area contributed by atoms with Crippen LogP contribution >= 0.6 is 15.9 Å². The summed E-state index contributed by atoms with van der Waals surface area (Å²) in [5.74, 6) is 0.000391. The number of benzene rings is 1. The lowest BCUT2D eigenvalue weighted by Crippen LogP contribution is -2.34. The molecule has 0 saturated heterocycles. The molecule has 0 atom stereocenters. The minimum Gasteiger partial charge on any atom is -0.325 e. The lowest BCUT2D eigenvalue weighted by Gasteiger charge is -2.19. The fourth-order valence-corrected chi connectivity index (χ4v) is 1.86. The predicted octanol–water partition coefficient (Wildman–Crippen LogP) is 3.29. The van der Waals surface area contributed by atoms with Gasteiger partial charge in [-0.2, -0.15) is 0 Å². The third-order valence-electron chi connectivity index (χ3n) is 2.44. The maximum atomic E-state index is 11.9. The molecular formula is C14H19BrN2O. The molecule has 0 fully saturated rings. The molecule has 0 aromatic heterocycles. The second-order valence-electron chi connectivity index (χ2n) is 4.32. The molecule has 98 valence electrons. The van der Waals surface area contributed by atoms with Crippen LogP contribution in [0.2, 0.25) is 0 Å². The molecule has 0 radical (unpaired) electrons. The Bertz CT molecular complexity index is 414. The average Bonchev–Trinajstić information content (AvgIpc) is 2.30. The Labute approximate surface area is 117 Å². The number of hydrogen-bond acceptors (Lipinski definition) is 2. The van der Waals surface area contributed by atoms with Gasteiger partial charge in [-0.1, -0.05) is 35.0 Å². The number of hydrogen-bond donors (Lipinski definition) is 1. The van der Waals surface area contributed by atoms with E-state index in [1.807, 2.05) is 38.1 Å². The molecule has 3 nitrogen and oxygen atoms in total. The highest BCUT2D eigenvalue weighted by atomic mass is 79.9. The van der Waals surface area contributed by atoms with E-state index in [2.05, 4.69) is 32.7 Å². The standard InChI is InChI=1S/C14H19BrN2O/c1-4-17(9-11(2)3)10-14(18)16-13-7-5-12(15)6-8-13/h5-8H,2,4,9-10H2,1,3H3,(H,16,18). The molecule has 4 heteroatoms. The second-order valence-corrected chi connectivity index (χ2v) is 5.23. The Hall–Kier alpha value is -1.13. The van der Waals surface area contributed by atoms with Crippen molar-refractivity contribution in [2.45, 2.75) is 13.8 Å². The summed E-state index contributed by atoms with van der Waals surface area (Å²) in [4.78, 5) is 13.9. The van der Waals surface area contributed by atoms with Crippen molar-refractivity contribution in [3.8, 4) is 0 Å². The lowest BCUT2D eigenvalue weighted by molar-refractivity contribution is -0.117. The van der Waals surface area contributed by atoms with Crippen LogP contribution in [0.5, 0.6) is 0 Å². The van der Waals surface area contributed by atoms with Crippen LogP contribution in [-0.2, 0) is 4.79 Å². The molecule has 0 bridgehead atoms. The second kappa shape index (κ2) is 7.34. The topological polar surface area (TPSA) is 32.3 Å². The lowest BCUT2D eigenvalue weighted by atomic mass is 10.3. The van der Waals surface area contributed by atoms with Gasteiger partial charge < -0.3 is 5.32 Å². The maximum Gasteiger partial charge on any atom is 0.238 e. The van der Waals surface area contributed by atoms with Gasteiger partial charge in [0.2, 0.25) is 5.91 Å². The zero-order chi connectivity index (χ0) is 13.5. The Morgan fingerprint density at radius 3 is 2.44 bits per heavy atom. The van der Waals surface area contributed by atoms with Crippen molar-refractivity contribution in [3.63, 3.8) is 0 Å². The van der Waals surface area contributed by atoms with E-state index in [-0.39, 0.29) is 5.91 Å². The van der Waals surface area contributed by atoms with Crippen molar-refractivity contribution >= 4 is 27.5 Å². The fourth-order valence-electron chi connectivity index (χ4n) is 1.60. The SMILES string of the molecule is C=C(C)CN(CC)CC(=O)Nc1ccc(Br)cc1. The van der Waals surface area contributed by atoms with Gasteiger partial charge in [0.1, 0.15) is 0 Å². The van der Waals surface area contributed by atoms with Crippen molar-refractivity contribution in [2.75, 3.05) is 25.0 Å². The highest BCUT2D eigenvalue weighted by molar-refractivity contribution is 9.10. The molecule has 0 aliphatic heterocycles. The molecule has 0 heterocycles. The first-order valence-corrected chi connectivity index (χ1v) is 6.72. The molecule has 18 heavy (non-hydrogen) atoms. The summed E-state index contributed by atoms with van der Waals surface area (Å²) in [6.07, 6.45) is 0. The van der Waals surface area contributed by atoms with Gasteiger partial charge in [-0.25, -0.2) is 0 Å². The number of nitrogens with zero attached hydrogens (tertiary/aromatic N) is 1. The van der Waals surface area contributed by atoms with Crippen LogP contribution in [0, 0.1) is 0 Å². The van der Waals surface area contributed by atoms with Crippen LogP contribution < -0.4 is 5.32 Å². The summed E-state index contributed by atoms with van der Waals surface area (Å²) < 4.78 is 0.998. The minimum atomic E-state index is 0.000391. The van der Waals surface area contributed by atoms with E-state index >= 15 is 0 Å². The predicted molar refractivity (Wildman–Crippen MR) is 79.7 cm³/mol. The zero-order valence-corrected chi connectivity index (χ0v) is 12.5. The first-order valence-electron chi connectivity index (χ1n) is 5.93. The van der Waals surface area contributed by atoms with Gasteiger partial charge in [0.25, 0.3) is 0 Å². The number of halogens is 1. The Balaban J connectivity index is 2.49. The van der Waals surface area contributed by atoms with E-state index in [4.69, 9.17) is 0 Å². The van der Waals surface area contributed by atoms with E-state index in [1.165, 1.54) is 0 Å². The number of carbonyl (C=O) groups is 1. The van der Waals surface area contributed by atoms with Gasteiger partial charge in [0, 0.05) is 16.7 Å². The van der Waals surface area contributed by atoms with Gasteiger partial charge in [0.15, 0.2) is 0 Å². The van der Waals surface area contributed by atoms with Crippen LogP contribution in [0.1, 0.15) is 13.8 Å². The van der Waals surface area contributed by atoms with Crippen molar-refractivity contribution in [1.82, 2.24) is 4.90 Å². The van der Waals surface area contributed by atoms with Crippen LogP contribution in [0.3, 0.4) is 0 Å². The van der Waals surface area contributed by atoms with Crippen LogP contribution in [0.25, 0.3) is 0 Å². The quantitative estimate of drug-likeness (QED) is 0.818. The van der Waals surface area contributed by atoms with Crippen molar-refractivity contribution in [1.29, 1.82) is 0 Å².